The van der Waals surface area contributed by atoms with Crippen molar-refractivity contribution in [3.63, 3.8) is 0 Å². The minimum absolute atomic E-state index is 0.00889. The Kier molecular flexibility index (Phi) is 7.39. The van der Waals surface area contributed by atoms with Crippen molar-refractivity contribution >= 4 is 17.7 Å². The lowest BCUT2D eigenvalue weighted by Gasteiger charge is -2.34. The number of hydrogen-bond donors (Lipinski definition) is 3. The van der Waals surface area contributed by atoms with Crippen LogP contribution in [0.25, 0.3) is 0 Å². The second-order valence-corrected chi connectivity index (χ2v) is 9.01. The minimum Gasteiger partial charge on any atom is -0.396 e. The predicted octanol–water partition coefficient (Wildman–Crippen LogP) is 0.965. The van der Waals surface area contributed by atoms with Crippen molar-refractivity contribution in [3.8, 4) is 0 Å². The number of carbonyl (C=O) groups excluding carboxylic acids is 3. The van der Waals surface area contributed by atoms with Crippen LogP contribution in [-0.4, -0.2) is 71.2 Å². The summed E-state index contributed by atoms with van der Waals surface area (Å²) < 4.78 is 6.35. The van der Waals surface area contributed by atoms with Crippen LogP contribution in [0.4, 0.5) is 0 Å². The summed E-state index contributed by atoms with van der Waals surface area (Å²) in [5, 5.41) is 15.2. The molecule has 3 amide bonds. The number of hydrogen-bond acceptors (Lipinski definition) is 5. The van der Waals surface area contributed by atoms with Crippen molar-refractivity contribution in [2.75, 3.05) is 19.7 Å². The molecule has 0 aromatic heterocycles. The highest BCUT2D eigenvalue weighted by molar-refractivity contribution is 5.98. The van der Waals surface area contributed by atoms with E-state index in [2.05, 4.69) is 17.6 Å². The van der Waals surface area contributed by atoms with E-state index in [1.165, 1.54) is 0 Å². The van der Waals surface area contributed by atoms with Crippen molar-refractivity contribution in [1.82, 2.24) is 15.5 Å². The van der Waals surface area contributed by atoms with Gasteiger partial charge >= 0.3 is 0 Å². The fourth-order valence-electron chi connectivity index (χ4n) is 5.58. The average molecular weight is 424 g/mol. The first-order valence-corrected chi connectivity index (χ1v) is 11.6. The summed E-state index contributed by atoms with van der Waals surface area (Å²) >= 11 is 0. The van der Waals surface area contributed by atoms with Crippen molar-refractivity contribution in [2.45, 2.75) is 89.5 Å². The van der Waals surface area contributed by atoms with E-state index in [1.54, 1.807) is 4.90 Å². The third kappa shape index (κ3) is 3.96. The molecule has 0 aromatic rings. The SMILES string of the molecule is CCCNC(=O)[C@@H]1[C@H]2C(=O)N(CCCCO)C(C(=O)NC(C)CCC)C23CC[C@H]1O3. The number of nitrogens with zero attached hydrogens (tertiary/aromatic N) is 1. The smallest absolute Gasteiger partial charge is 0.246 e. The van der Waals surface area contributed by atoms with E-state index in [-0.39, 0.29) is 36.5 Å². The van der Waals surface area contributed by atoms with E-state index in [4.69, 9.17) is 9.84 Å². The topological polar surface area (TPSA) is 108 Å². The number of amides is 3. The average Bonchev–Trinajstić information content (AvgIpc) is 3.34. The van der Waals surface area contributed by atoms with Crippen LogP contribution in [0, 0.1) is 11.8 Å². The summed E-state index contributed by atoms with van der Waals surface area (Å²) in [6.07, 6.45) is 4.80. The van der Waals surface area contributed by atoms with Crippen molar-refractivity contribution in [2.24, 2.45) is 11.8 Å². The maximum atomic E-state index is 13.5. The predicted molar refractivity (Wildman–Crippen MR) is 111 cm³/mol. The molecule has 0 aliphatic carbocycles. The van der Waals surface area contributed by atoms with Crippen molar-refractivity contribution < 1.29 is 24.2 Å². The van der Waals surface area contributed by atoms with Gasteiger partial charge in [0.2, 0.25) is 17.7 Å². The van der Waals surface area contributed by atoms with Gasteiger partial charge < -0.3 is 25.4 Å². The number of fused-ring (bicyclic) bond motifs is 1. The highest BCUT2D eigenvalue weighted by Crippen LogP contribution is 2.58. The summed E-state index contributed by atoms with van der Waals surface area (Å²) in [5.41, 5.74) is -0.925. The number of aliphatic hydroxyl groups excluding tert-OH is 1. The lowest BCUT2D eigenvalue weighted by Crippen LogP contribution is -2.56. The van der Waals surface area contributed by atoms with Crippen LogP contribution in [0.5, 0.6) is 0 Å². The molecule has 1 spiro atoms. The molecule has 0 radical (unpaired) electrons. The van der Waals surface area contributed by atoms with Crippen molar-refractivity contribution in [1.29, 1.82) is 0 Å². The zero-order valence-electron chi connectivity index (χ0n) is 18.5. The fraction of sp³-hybridized carbons (Fsp3) is 0.864. The second-order valence-electron chi connectivity index (χ2n) is 9.01. The molecule has 3 unspecified atom stereocenters. The molecule has 3 aliphatic rings. The Morgan fingerprint density at radius 2 is 2.03 bits per heavy atom. The first-order valence-electron chi connectivity index (χ1n) is 11.6. The summed E-state index contributed by atoms with van der Waals surface area (Å²) in [6, 6.07) is -0.712. The molecule has 3 N–H and O–H groups in total. The van der Waals surface area contributed by atoms with Crippen LogP contribution in [0.1, 0.15) is 65.7 Å². The van der Waals surface area contributed by atoms with Crippen LogP contribution in [0.15, 0.2) is 0 Å². The van der Waals surface area contributed by atoms with E-state index in [0.29, 0.717) is 38.8 Å². The number of likely N-dealkylation sites (tertiary alicyclic amines) is 1. The first kappa shape index (κ1) is 23.0. The highest BCUT2D eigenvalue weighted by Gasteiger charge is 2.74. The van der Waals surface area contributed by atoms with Gasteiger partial charge in [0.15, 0.2) is 0 Å². The Hall–Kier alpha value is -1.67. The van der Waals surface area contributed by atoms with E-state index in [0.717, 1.165) is 19.3 Å². The molecule has 3 fully saturated rings. The Morgan fingerprint density at radius 3 is 2.70 bits per heavy atom. The Labute approximate surface area is 179 Å². The molecule has 30 heavy (non-hydrogen) atoms. The summed E-state index contributed by atoms with van der Waals surface area (Å²) in [5.74, 6) is -1.64. The number of unbranched alkanes of at least 4 members (excludes halogenated alkanes) is 1. The quantitative estimate of drug-likeness (QED) is 0.429. The lowest BCUT2D eigenvalue weighted by molar-refractivity contribution is -0.142. The third-order valence-electron chi connectivity index (χ3n) is 6.82. The minimum atomic E-state index is -0.925. The van der Waals surface area contributed by atoms with Crippen LogP contribution in [0.3, 0.4) is 0 Å². The van der Waals surface area contributed by atoms with Gasteiger partial charge in [0.1, 0.15) is 11.6 Å². The first-order chi connectivity index (χ1) is 14.4. The standard InChI is InChI=1S/C22H37N3O5/c1-4-8-14(3)24-20(28)18-22-10-9-15(30-22)16(19(27)23-11-5-2)17(22)21(29)25(18)12-6-7-13-26/h14-18,26H,4-13H2,1-3H3,(H,23,27)(H,24,28)/t14?,15-,16+,17+,18?,22?/m1/s1. The van der Waals surface area contributed by atoms with E-state index < -0.39 is 23.5 Å². The van der Waals surface area contributed by atoms with Crippen LogP contribution >= 0.6 is 0 Å². The third-order valence-corrected chi connectivity index (χ3v) is 6.82. The molecule has 8 nitrogen and oxygen atoms in total. The van der Waals surface area contributed by atoms with Gasteiger partial charge in [-0.3, -0.25) is 14.4 Å². The Morgan fingerprint density at radius 1 is 1.27 bits per heavy atom. The maximum absolute atomic E-state index is 13.5. The summed E-state index contributed by atoms with van der Waals surface area (Å²) in [6.45, 7) is 7.02. The van der Waals surface area contributed by atoms with Gasteiger partial charge in [-0.2, -0.15) is 0 Å². The molecule has 170 valence electrons. The zero-order valence-corrected chi connectivity index (χ0v) is 18.5. The second kappa shape index (κ2) is 9.64. The molecule has 3 aliphatic heterocycles. The van der Waals surface area contributed by atoms with Crippen LogP contribution in [-0.2, 0) is 19.1 Å². The Balaban J connectivity index is 1.88. The van der Waals surface area contributed by atoms with E-state index in [9.17, 15) is 14.4 Å². The monoisotopic (exact) mass is 423 g/mol. The molecule has 0 aromatic carbocycles. The number of carbonyl (C=O) groups is 3. The van der Waals surface area contributed by atoms with Gasteiger partial charge in [-0.15, -0.1) is 0 Å². The molecule has 3 saturated heterocycles. The van der Waals surface area contributed by atoms with Gasteiger partial charge in [0.05, 0.1) is 17.9 Å². The zero-order chi connectivity index (χ0) is 21.9. The molecule has 6 atom stereocenters. The molecular weight excluding hydrogens is 386 g/mol. The lowest BCUT2D eigenvalue weighted by atomic mass is 9.70. The highest BCUT2D eigenvalue weighted by atomic mass is 16.5. The molecular formula is C22H37N3O5. The largest absolute Gasteiger partial charge is 0.396 e. The number of nitrogens with one attached hydrogen (secondary N) is 2. The fourth-order valence-corrected chi connectivity index (χ4v) is 5.58. The number of aliphatic hydroxyl groups is 1. The van der Waals surface area contributed by atoms with Crippen LogP contribution in [0.2, 0.25) is 0 Å². The maximum Gasteiger partial charge on any atom is 0.246 e. The van der Waals surface area contributed by atoms with E-state index >= 15 is 0 Å². The van der Waals surface area contributed by atoms with Gasteiger partial charge in [0.25, 0.3) is 0 Å². The summed E-state index contributed by atoms with van der Waals surface area (Å²) in [7, 11) is 0. The van der Waals surface area contributed by atoms with Crippen molar-refractivity contribution in [3.05, 3.63) is 0 Å². The van der Waals surface area contributed by atoms with Gasteiger partial charge in [-0.25, -0.2) is 0 Å². The van der Waals surface area contributed by atoms with Gasteiger partial charge in [-0.05, 0) is 45.4 Å². The normalized spacial score (nSPS) is 32.9. The Bertz CT molecular complexity index is 657. The molecule has 3 rings (SSSR count). The van der Waals surface area contributed by atoms with Gasteiger partial charge in [0, 0.05) is 25.7 Å². The molecule has 8 heteroatoms. The molecule has 3 heterocycles. The molecule has 0 saturated carbocycles. The summed E-state index contributed by atoms with van der Waals surface area (Å²) in [4.78, 5) is 41.4. The molecule has 2 bridgehead atoms. The van der Waals surface area contributed by atoms with Crippen LogP contribution < -0.4 is 10.6 Å². The number of rotatable bonds is 11. The number of ether oxygens (including phenoxy) is 1. The van der Waals surface area contributed by atoms with E-state index in [1.807, 2.05) is 13.8 Å². The van der Waals surface area contributed by atoms with Gasteiger partial charge in [-0.1, -0.05) is 20.3 Å².